The molecule has 2 aliphatic rings. The van der Waals surface area contributed by atoms with Crippen molar-refractivity contribution in [3.8, 4) is 0 Å². The van der Waals surface area contributed by atoms with Crippen molar-refractivity contribution in [2.45, 2.75) is 32.6 Å². The van der Waals surface area contributed by atoms with E-state index in [0.717, 1.165) is 31.4 Å². The molecule has 0 bridgehead atoms. The van der Waals surface area contributed by atoms with Gasteiger partial charge in [0, 0.05) is 19.0 Å². The van der Waals surface area contributed by atoms with Gasteiger partial charge in [-0.2, -0.15) is 5.10 Å². The van der Waals surface area contributed by atoms with Crippen molar-refractivity contribution < 1.29 is 13.9 Å². The molecule has 148 valence electrons. The summed E-state index contributed by atoms with van der Waals surface area (Å²) in [6.45, 7) is 3.95. The predicted molar refractivity (Wildman–Crippen MR) is 109 cm³/mol. The smallest absolute Gasteiger partial charge is 0.257 e. The van der Waals surface area contributed by atoms with Gasteiger partial charge in [-0.05, 0) is 72.3 Å². The molecule has 2 aromatic rings. The van der Waals surface area contributed by atoms with E-state index in [2.05, 4.69) is 40.1 Å². The molecule has 1 saturated heterocycles. The minimum absolute atomic E-state index is 0.176. The molecule has 7 heteroatoms. The van der Waals surface area contributed by atoms with Gasteiger partial charge in [-0.3, -0.25) is 4.79 Å². The van der Waals surface area contributed by atoms with Crippen molar-refractivity contribution in [2.75, 3.05) is 19.7 Å². The van der Waals surface area contributed by atoms with Crippen LogP contribution in [0.2, 0.25) is 0 Å². The van der Waals surface area contributed by atoms with Gasteiger partial charge in [0.15, 0.2) is 0 Å². The maximum absolute atomic E-state index is 14.3. The van der Waals surface area contributed by atoms with Crippen LogP contribution in [0.15, 0.2) is 46.4 Å². The van der Waals surface area contributed by atoms with Crippen molar-refractivity contribution in [3.63, 3.8) is 0 Å². The monoisotopic (exact) mass is 447 g/mol. The van der Waals surface area contributed by atoms with Crippen molar-refractivity contribution in [1.82, 2.24) is 14.5 Å². The molecular formula is C21H23BrFN3O2. The van der Waals surface area contributed by atoms with Crippen LogP contribution in [0, 0.1) is 11.7 Å². The number of hydrogen-bond donors (Lipinski definition) is 0. The van der Waals surface area contributed by atoms with Gasteiger partial charge < -0.3 is 9.64 Å². The van der Waals surface area contributed by atoms with Gasteiger partial charge in [-0.15, -0.1) is 0 Å². The maximum Gasteiger partial charge on any atom is 0.257 e. The Labute approximate surface area is 172 Å². The topological polar surface area (TPSA) is 46.8 Å². The van der Waals surface area contributed by atoms with Crippen molar-refractivity contribution in [2.24, 2.45) is 5.92 Å². The van der Waals surface area contributed by atoms with E-state index in [9.17, 15) is 9.18 Å². The molecule has 1 atom stereocenters. The molecule has 0 aromatic carbocycles. The molecule has 1 unspecified atom stereocenters. The standard InChI is InChI=1S/C21H23BrFN3O2/c1-14-5-2-3-7-18(14)28-13-15-6-4-10-25(12-15)21(27)16-11-24-26-19(22)9-8-17(23)20(16)26/h5,7-9,11,15H,2-4,6,10,12-13H2,1H3. The Kier molecular flexibility index (Phi) is 5.53. The van der Waals surface area contributed by atoms with Gasteiger partial charge in [-0.25, -0.2) is 8.91 Å². The zero-order valence-electron chi connectivity index (χ0n) is 15.8. The van der Waals surface area contributed by atoms with Crippen molar-refractivity contribution >= 4 is 27.4 Å². The number of nitrogens with zero attached hydrogens (tertiary/aromatic N) is 3. The number of hydrogen-bond acceptors (Lipinski definition) is 3. The quantitative estimate of drug-likeness (QED) is 0.636. The predicted octanol–water partition coefficient (Wildman–Crippen LogP) is 4.73. The SMILES string of the molecule is CC1=CCCC=C1OCC1CCCN(C(=O)c2cnn3c(Br)ccc(F)c23)C1. The number of amides is 1. The summed E-state index contributed by atoms with van der Waals surface area (Å²) in [5.41, 5.74) is 1.70. The molecule has 1 aliphatic carbocycles. The Morgan fingerprint density at radius 3 is 3.00 bits per heavy atom. The fourth-order valence-corrected chi connectivity index (χ4v) is 4.30. The summed E-state index contributed by atoms with van der Waals surface area (Å²) in [6.07, 6.45) is 9.80. The molecule has 3 heterocycles. The zero-order valence-corrected chi connectivity index (χ0v) is 17.4. The molecule has 1 aliphatic heterocycles. The van der Waals surface area contributed by atoms with Crippen LogP contribution in [0.3, 0.4) is 0 Å². The normalized spacial score (nSPS) is 20.1. The first-order valence-electron chi connectivity index (χ1n) is 9.65. The Bertz CT molecular complexity index is 966. The first-order valence-corrected chi connectivity index (χ1v) is 10.4. The maximum atomic E-state index is 14.3. The molecule has 0 N–H and O–H groups in total. The number of ether oxygens (including phenoxy) is 1. The van der Waals surface area contributed by atoms with Gasteiger partial charge >= 0.3 is 0 Å². The fraction of sp³-hybridized carbons (Fsp3) is 0.429. The van der Waals surface area contributed by atoms with E-state index in [1.165, 1.54) is 22.4 Å². The highest BCUT2D eigenvalue weighted by molar-refractivity contribution is 9.10. The van der Waals surface area contributed by atoms with Crippen LogP contribution in [0.4, 0.5) is 4.39 Å². The Hall–Kier alpha value is -2.15. The van der Waals surface area contributed by atoms with Crippen LogP contribution in [0.1, 0.15) is 43.0 Å². The summed E-state index contributed by atoms with van der Waals surface area (Å²) in [6, 6.07) is 2.92. The van der Waals surface area contributed by atoms with E-state index in [1.807, 2.05) is 0 Å². The van der Waals surface area contributed by atoms with Crippen LogP contribution in [-0.2, 0) is 4.74 Å². The van der Waals surface area contributed by atoms with Gasteiger partial charge in [0.2, 0.25) is 0 Å². The molecule has 1 amide bonds. The lowest BCUT2D eigenvalue weighted by molar-refractivity contribution is 0.0591. The number of likely N-dealkylation sites (tertiary alicyclic amines) is 1. The third-order valence-electron chi connectivity index (χ3n) is 5.41. The summed E-state index contributed by atoms with van der Waals surface area (Å²) in [5.74, 6) is 0.605. The van der Waals surface area contributed by atoms with E-state index in [4.69, 9.17) is 4.74 Å². The molecule has 2 aromatic heterocycles. The summed E-state index contributed by atoms with van der Waals surface area (Å²) in [4.78, 5) is 14.9. The second kappa shape index (κ2) is 8.07. The Balaban J connectivity index is 1.46. The molecule has 4 rings (SSSR count). The van der Waals surface area contributed by atoms with Crippen molar-refractivity contribution in [3.05, 3.63) is 57.8 Å². The third-order valence-corrected chi connectivity index (χ3v) is 6.01. The molecule has 5 nitrogen and oxygen atoms in total. The Morgan fingerprint density at radius 1 is 1.36 bits per heavy atom. The molecular weight excluding hydrogens is 425 g/mol. The average Bonchev–Trinajstić information content (AvgIpc) is 3.16. The second-order valence-electron chi connectivity index (χ2n) is 7.43. The van der Waals surface area contributed by atoms with Crippen LogP contribution >= 0.6 is 15.9 Å². The molecule has 28 heavy (non-hydrogen) atoms. The van der Waals surface area contributed by atoms with Crippen LogP contribution in [-0.4, -0.2) is 40.1 Å². The Morgan fingerprint density at radius 2 is 2.18 bits per heavy atom. The highest BCUT2D eigenvalue weighted by atomic mass is 79.9. The van der Waals surface area contributed by atoms with E-state index in [1.54, 1.807) is 11.0 Å². The largest absolute Gasteiger partial charge is 0.493 e. The number of carbonyl (C=O) groups excluding carboxylic acids is 1. The highest BCUT2D eigenvalue weighted by Crippen LogP contribution is 2.26. The van der Waals surface area contributed by atoms with E-state index < -0.39 is 5.82 Å². The lowest BCUT2D eigenvalue weighted by atomic mass is 9.98. The van der Waals surface area contributed by atoms with Gasteiger partial charge in [-0.1, -0.05) is 6.08 Å². The van der Waals surface area contributed by atoms with Gasteiger partial charge in [0.25, 0.3) is 5.91 Å². The first kappa shape index (κ1) is 19.2. The molecule has 1 fully saturated rings. The molecule has 0 radical (unpaired) electrons. The number of halogens is 2. The lowest BCUT2D eigenvalue weighted by Crippen LogP contribution is -2.41. The van der Waals surface area contributed by atoms with Crippen LogP contribution in [0.25, 0.3) is 5.52 Å². The van der Waals surface area contributed by atoms with E-state index >= 15 is 0 Å². The molecule has 0 saturated carbocycles. The summed E-state index contributed by atoms with van der Waals surface area (Å²) >= 11 is 3.34. The van der Waals surface area contributed by atoms with Gasteiger partial charge in [0.05, 0.1) is 18.4 Å². The molecule has 0 spiro atoms. The number of rotatable bonds is 4. The minimum atomic E-state index is -0.451. The van der Waals surface area contributed by atoms with E-state index in [-0.39, 0.29) is 17.3 Å². The zero-order chi connectivity index (χ0) is 19.7. The summed E-state index contributed by atoms with van der Waals surface area (Å²) in [7, 11) is 0. The van der Waals surface area contributed by atoms with E-state index in [0.29, 0.717) is 29.9 Å². The lowest BCUT2D eigenvalue weighted by Gasteiger charge is -2.33. The highest BCUT2D eigenvalue weighted by Gasteiger charge is 2.28. The third kappa shape index (κ3) is 3.72. The number of pyridine rings is 1. The summed E-state index contributed by atoms with van der Waals surface area (Å²) < 4.78 is 22.4. The second-order valence-corrected chi connectivity index (χ2v) is 8.24. The number of carbonyl (C=O) groups is 1. The van der Waals surface area contributed by atoms with Crippen LogP contribution in [0.5, 0.6) is 0 Å². The fourth-order valence-electron chi connectivity index (χ4n) is 3.90. The van der Waals surface area contributed by atoms with Gasteiger partial charge in [0.1, 0.15) is 21.7 Å². The number of allylic oxidation sites excluding steroid dienone is 3. The number of piperidine rings is 1. The van der Waals surface area contributed by atoms with Crippen molar-refractivity contribution in [1.29, 1.82) is 0 Å². The van der Waals surface area contributed by atoms with Crippen LogP contribution < -0.4 is 0 Å². The minimum Gasteiger partial charge on any atom is -0.493 e. The summed E-state index contributed by atoms with van der Waals surface area (Å²) in [5, 5.41) is 4.16. The average molecular weight is 448 g/mol. The first-order chi connectivity index (χ1) is 13.5. The number of aromatic nitrogens is 2. The number of fused-ring (bicyclic) bond motifs is 1.